The Morgan fingerprint density at radius 1 is 0.903 bits per heavy atom. The number of rotatable bonds is 10. The first kappa shape index (κ1) is 23.0. The number of carbonyl (C=O) groups excluding carboxylic acids is 2. The second-order valence-corrected chi connectivity index (χ2v) is 8.73. The minimum atomic E-state index is -1.67. The van der Waals surface area contributed by atoms with Crippen LogP contribution < -0.4 is 10.6 Å². The first-order valence-electron chi connectivity index (χ1n) is 9.39. The standard InChI is InChI=1S/C21H20F3N3O2S2/c22-16-5-6-17(21(24)20(16)23)26-18(28)11-25-19(29)13-27(12-15-4-2-10-31-15)8-7-14-3-1-9-30-14/h1-6,9-10H,7-8,11-13H2,(H,25,29)(H,26,28). The van der Waals surface area contributed by atoms with Crippen LogP contribution in [0.5, 0.6) is 0 Å². The van der Waals surface area contributed by atoms with Crippen LogP contribution in [-0.2, 0) is 22.6 Å². The molecule has 164 valence electrons. The van der Waals surface area contributed by atoms with Gasteiger partial charge in [-0.2, -0.15) is 0 Å². The Labute approximate surface area is 185 Å². The van der Waals surface area contributed by atoms with Crippen molar-refractivity contribution in [1.29, 1.82) is 0 Å². The van der Waals surface area contributed by atoms with Gasteiger partial charge in [0.15, 0.2) is 17.5 Å². The molecule has 0 aliphatic rings. The molecule has 3 aromatic rings. The topological polar surface area (TPSA) is 61.4 Å². The van der Waals surface area contributed by atoms with E-state index in [4.69, 9.17) is 0 Å². The van der Waals surface area contributed by atoms with Gasteiger partial charge in [0.2, 0.25) is 11.8 Å². The number of halogens is 3. The van der Waals surface area contributed by atoms with Gasteiger partial charge in [0.05, 0.1) is 18.8 Å². The van der Waals surface area contributed by atoms with Crippen LogP contribution in [0, 0.1) is 17.5 Å². The number of hydrogen-bond donors (Lipinski definition) is 2. The molecule has 2 aromatic heterocycles. The van der Waals surface area contributed by atoms with Gasteiger partial charge in [0.25, 0.3) is 0 Å². The third-order valence-electron chi connectivity index (χ3n) is 4.34. The van der Waals surface area contributed by atoms with Crippen molar-refractivity contribution in [3.8, 4) is 0 Å². The number of anilines is 1. The van der Waals surface area contributed by atoms with Crippen LogP contribution in [0.3, 0.4) is 0 Å². The van der Waals surface area contributed by atoms with Crippen molar-refractivity contribution in [3.05, 3.63) is 74.4 Å². The molecule has 3 rings (SSSR count). The number of amides is 2. The predicted octanol–water partition coefficient (Wildman–Crippen LogP) is 4.03. The van der Waals surface area contributed by atoms with E-state index in [0.29, 0.717) is 19.2 Å². The Morgan fingerprint density at radius 2 is 1.61 bits per heavy atom. The molecule has 0 atom stereocenters. The lowest BCUT2D eigenvalue weighted by Crippen LogP contribution is -2.40. The van der Waals surface area contributed by atoms with Crippen molar-refractivity contribution in [2.24, 2.45) is 0 Å². The first-order chi connectivity index (χ1) is 14.9. The van der Waals surface area contributed by atoms with E-state index >= 15 is 0 Å². The Hall–Kier alpha value is -2.69. The van der Waals surface area contributed by atoms with Gasteiger partial charge in [-0.05, 0) is 41.4 Å². The van der Waals surface area contributed by atoms with Crippen LogP contribution in [0.15, 0.2) is 47.2 Å². The molecule has 31 heavy (non-hydrogen) atoms. The maximum atomic E-state index is 13.7. The van der Waals surface area contributed by atoms with Gasteiger partial charge in [-0.25, -0.2) is 13.2 Å². The van der Waals surface area contributed by atoms with E-state index in [1.54, 1.807) is 22.7 Å². The summed E-state index contributed by atoms with van der Waals surface area (Å²) in [5.74, 6) is -5.63. The van der Waals surface area contributed by atoms with Crippen molar-refractivity contribution < 1.29 is 22.8 Å². The van der Waals surface area contributed by atoms with Crippen LogP contribution in [0.2, 0.25) is 0 Å². The lowest BCUT2D eigenvalue weighted by molar-refractivity contribution is -0.125. The van der Waals surface area contributed by atoms with E-state index in [-0.39, 0.29) is 12.5 Å². The highest BCUT2D eigenvalue weighted by Crippen LogP contribution is 2.19. The molecule has 0 saturated heterocycles. The van der Waals surface area contributed by atoms with Gasteiger partial charge in [-0.1, -0.05) is 12.1 Å². The highest BCUT2D eigenvalue weighted by atomic mass is 32.1. The number of carbonyl (C=O) groups is 2. The Bertz CT molecular complexity index is 1010. The lowest BCUT2D eigenvalue weighted by Gasteiger charge is -2.21. The SMILES string of the molecule is O=C(CN(CCc1cccs1)Cc1cccs1)NCC(=O)Nc1ccc(F)c(F)c1F. The summed E-state index contributed by atoms with van der Waals surface area (Å²) in [5.41, 5.74) is -0.492. The van der Waals surface area contributed by atoms with Crippen LogP contribution >= 0.6 is 22.7 Å². The van der Waals surface area contributed by atoms with Gasteiger partial charge < -0.3 is 10.6 Å². The third-order valence-corrected chi connectivity index (χ3v) is 6.13. The van der Waals surface area contributed by atoms with Crippen molar-refractivity contribution >= 4 is 40.2 Å². The average Bonchev–Trinajstić information content (AvgIpc) is 3.45. The van der Waals surface area contributed by atoms with E-state index in [1.807, 2.05) is 39.9 Å². The average molecular weight is 468 g/mol. The summed E-state index contributed by atoms with van der Waals surface area (Å²) in [6, 6.07) is 9.58. The minimum absolute atomic E-state index is 0.0795. The predicted molar refractivity (Wildman–Crippen MR) is 116 cm³/mol. The zero-order valence-electron chi connectivity index (χ0n) is 16.4. The highest BCUT2D eigenvalue weighted by Gasteiger charge is 2.17. The van der Waals surface area contributed by atoms with Gasteiger partial charge in [-0.15, -0.1) is 22.7 Å². The fourth-order valence-corrected chi connectivity index (χ4v) is 4.26. The maximum Gasteiger partial charge on any atom is 0.243 e. The summed E-state index contributed by atoms with van der Waals surface area (Å²) in [6.07, 6.45) is 0.798. The lowest BCUT2D eigenvalue weighted by atomic mass is 10.2. The zero-order chi connectivity index (χ0) is 22.2. The van der Waals surface area contributed by atoms with Crippen molar-refractivity contribution in [2.45, 2.75) is 13.0 Å². The fraction of sp³-hybridized carbons (Fsp3) is 0.238. The molecule has 0 aliphatic carbocycles. The number of nitrogens with one attached hydrogen (secondary N) is 2. The fourth-order valence-electron chi connectivity index (χ4n) is 2.81. The Morgan fingerprint density at radius 3 is 2.29 bits per heavy atom. The third kappa shape index (κ3) is 6.91. The van der Waals surface area contributed by atoms with E-state index in [2.05, 4.69) is 10.6 Å². The molecule has 0 unspecified atom stereocenters. The molecule has 1 aromatic carbocycles. The summed E-state index contributed by atoms with van der Waals surface area (Å²) in [4.78, 5) is 28.6. The second-order valence-electron chi connectivity index (χ2n) is 6.67. The smallest absolute Gasteiger partial charge is 0.243 e. The van der Waals surface area contributed by atoms with Crippen LogP contribution in [0.4, 0.5) is 18.9 Å². The molecular weight excluding hydrogens is 447 g/mol. The summed E-state index contributed by atoms with van der Waals surface area (Å²) >= 11 is 3.25. The molecule has 0 saturated carbocycles. The van der Waals surface area contributed by atoms with Crippen molar-refractivity contribution in [3.63, 3.8) is 0 Å². The van der Waals surface area contributed by atoms with Crippen molar-refractivity contribution in [1.82, 2.24) is 10.2 Å². The largest absolute Gasteiger partial charge is 0.346 e. The monoisotopic (exact) mass is 467 g/mol. The maximum absolute atomic E-state index is 13.7. The molecule has 5 nitrogen and oxygen atoms in total. The van der Waals surface area contributed by atoms with Gasteiger partial charge in [0.1, 0.15) is 0 Å². The van der Waals surface area contributed by atoms with Crippen LogP contribution in [-0.4, -0.2) is 36.3 Å². The first-order valence-corrected chi connectivity index (χ1v) is 11.2. The molecule has 0 bridgehead atoms. The molecule has 0 radical (unpaired) electrons. The van der Waals surface area contributed by atoms with Crippen LogP contribution in [0.25, 0.3) is 0 Å². The summed E-state index contributed by atoms with van der Waals surface area (Å²) in [7, 11) is 0. The molecular formula is C21H20F3N3O2S2. The molecule has 10 heteroatoms. The molecule has 2 amide bonds. The summed E-state index contributed by atoms with van der Waals surface area (Å²) in [5, 5.41) is 8.56. The Balaban J connectivity index is 1.51. The minimum Gasteiger partial charge on any atom is -0.346 e. The van der Waals surface area contributed by atoms with E-state index in [9.17, 15) is 22.8 Å². The van der Waals surface area contributed by atoms with E-state index in [1.165, 1.54) is 4.88 Å². The molecule has 0 aliphatic heterocycles. The number of nitrogens with zero attached hydrogens (tertiary/aromatic N) is 1. The number of hydrogen-bond acceptors (Lipinski definition) is 5. The van der Waals surface area contributed by atoms with Gasteiger partial charge in [0, 0.05) is 22.8 Å². The van der Waals surface area contributed by atoms with Gasteiger partial charge in [-0.3, -0.25) is 14.5 Å². The zero-order valence-corrected chi connectivity index (χ0v) is 18.0. The number of benzene rings is 1. The highest BCUT2D eigenvalue weighted by molar-refractivity contribution is 7.10. The van der Waals surface area contributed by atoms with Crippen molar-refractivity contribution in [2.75, 3.05) is 25.0 Å². The van der Waals surface area contributed by atoms with E-state index in [0.717, 1.165) is 17.4 Å². The normalized spacial score (nSPS) is 11.0. The molecule has 2 N–H and O–H groups in total. The quantitative estimate of drug-likeness (QED) is 0.443. The summed E-state index contributed by atoms with van der Waals surface area (Å²) in [6.45, 7) is 0.923. The number of thiophene rings is 2. The molecule has 0 fully saturated rings. The second kappa shape index (κ2) is 11.1. The van der Waals surface area contributed by atoms with Gasteiger partial charge >= 0.3 is 0 Å². The molecule has 0 spiro atoms. The van der Waals surface area contributed by atoms with Crippen LogP contribution in [0.1, 0.15) is 9.75 Å². The summed E-state index contributed by atoms with van der Waals surface area (Å²) < 4.78 is 39.9. The molecule has 2 heterocycles. The Kier molecular flexibility index (Phi) is 8.21. The van der Waals surface area contributed by atoms with E-state index < -0.39 is 35.6 Å².